The number of anilines is 2. The number of carbonyl (C=O) groups excluding carboxylic acids is 1. The fourth-order valence-corrected chi connectivity index (χ4v) is 2.75. The number of halogens is 2. The fourth-order valence-electron chi connectivity index (χ4n) is 2.75. The smallest absolute Gasteiger partial charge is 0.254 e. The second-order valence-electron chi connectivity index (χ2n) is 5.55. The molecule has 3 heterocycles. The van der Waals surface area contributed by atoms with Gasteiger partial charge in [0.1, 0.15) is 11.9 Å². The van der Waals surface area contributed by atoms with E-state index in [9.17, 15) is 4.79 Å². The van der Waals surface area contributed by atoms with Crippen molar-refractivity contribution in [3.05, 3.63) is 18.3 Å². The van der Waals surface area contributed by atoms with E-state index >= 15 is 0 Å². The maximum Gasteiger partial charge on any atom is 0.254 e. The lowest BCUT2D eigenvalue weighted by Crippen LogP contribution is -2.36. The predicted octanol–water partition coefficient (Wildman–Crippen LogP) is 1.21. The monoisotopic (exact) mass is 378 g/mol. The summed E-state index contributed by atoms with van der Waals surface area (Å²) >= 11 is 0. The van der Waals surface area contributed by atoms with E-state index in [0.717, 1.165) is 38.4 Å². The van der Waals surface area contributed by atoms with Crippen molar-refractivity contribution in [2.24, 2.45) is 5.73 Å². The van der Waals surface area contributed by atoms with E-state index in [-0.39, 0.29) is 36.8 Å². The summed E-state index contributed by atoms with van der Waals surface area (Å²) in [6, 6.07) is 3.78. The Kier molecular flexibility index (Phi) is 8.72. The predicted molar refractivity (Wildman–Crippen MR) is 97.3 cm³/mol. The maximum atomic E-state index is 12.1. The fraction of sp³-hybridized carbons (Fsp3) is 0.600. The number of carbonyl (C=O) groups is 1. The normalized spacial score (nSPS) is 23.1. The summed E-state index contributed by atoms with van der Waals surface area (Å²) in [4.78, 5) is 18.6. The molecule has 0 radical (unpaired) electrons. The number of hydrogen-bond donors (Lipinski definition) is 2. The molecule has 1 aromatic rings. The van der Waals surface area contributed by atoms with Crippen LogP contribution in [0.1, 0.15) is 12.8 Å². The van der Waals surface area contributed by atoms with Gasteiger partial charge in [-0.15, -0.1) is 24.8 Å². The molecule has 136 valence electrons. The van der Waals surface area contributed by atoms with E-state index in [1.165, 1.54) is 0 Å². The number of nitrogens with zero attached hydrogens (tertiary/aromatic N) is 2. The number of morpholine rings is 1. The molecule has 0 bridgehead atoms. The zero-order valence-corrected chi connectivity index (χ0v) is 15.0. The number of nitrogens with two attached hydrogens (primary N) is 1. The molecule has 0 aromatic carbocycles. The first kappa shape index (κ1) is 20.9. The minimum Gasteiger partial charge on any atom is -0.378 e. The van der Waals surface area contributed by atoms with E-state index < -0.39 is 6.10 Å². The summed E-state index contributed by atoms with van der Waals surface area (Å²) in [5, 5.41) is 2.80. The Balaban J connectivity index is 0.00000144. The number of nitrogens with one attached hydrogen (secondary N) is 1. The number of rotatable bonds is 4. The molecule has 2 aliphatic rings. The number of hydrogen-bond acceptors (Lipinski definition) is 6. The van der Waals surface area contributed by atoms with Gasteiger partial charge in [-0.2, -0.15) is 0 Å². The van der Waals surface area contributed by atoms with Crippen LogP contribution in [0.4, 0.5) is 11.5 Å². The molecular formula is C15H24Cl2N4O3. The molecule has 3 rings (SSSR count). The quantitative estimate of drug-likeness (QED) is 0.818. The summed E-state index contributed by atoms with van der Waals surface area (Å²) in [6.45, 7) is 3.66. The van der Waals surface area contributed by atoms with Crippen LogP contribution >= 0.6 is 24.8 Å². The van der Waals surface area contributed by atoms with Crippen LogP contribution < -0.4 is 16.0 Å². The average molecular weight is 379 g/mol. The Morgan fingerprint density at radius 3 is 2.62 bits per heavy atom. The third kappa shape index (κ3) is 5.19. The molecular weight excluding hydrogens is 355 g/mol. The summed E-state index contributed by atoms with van der Waals surface area (Å²) < 4.78 is 10.9. The van der Waals surface area contributed by atoms with Gasteiger partial charge in [0.05, 0.1) is 31.2 Å². The first-order chi connectivity index (χ1) is 10.8. The molecule has 1 amide bonds. The molecule has 1 aromatic heterocycles. The van der Waals surface area contributed by atoms with E-state index in [1.54, 1.807) is 6.20 Å². The Hall–Kier alpha value is -1.12. The lowest BCUT2D eigenvalue weighted by atomic mass is 10.2. The Morgan fingerprint density at radius 1 is 1.29 bits per heavy atom. The summed E-state index contributed by atoms with van der Waals surface area (Å²) in [6.07, 6.45) is 2.89. The van der Waals surface area contributed by atoms with Crippen LogP contribution in [0.5, 0.6) is 0 Å². The van der Waals surface area contributed by atoms with Gasteiger partial charge in [0.15, 0.2) is 0 Å². The highest BCUT2D eigenvalue weighted by molar-refractivity contribution is 5.93. The van der Waals surface area contributed by atoms with Gasteiger partial charge in [0.25, 0.3) is 5.91 Å². The van der Waals surface area contributed by atoms with Crippen LogP contribution in [0, 0.1) is 0 Å². The topological polar surface area (TPSA) is 89.7 Å². The van der Waals surface area contributed by atoms with Gasteiger partial charge in [-0.25, -0.2) is 4.98 Å². The van der Waals surface area contributed by atoms with Crippen LogP contribution in [-0.2, 0) is 14.3 Å². The van der Waals surface area contributed by atoms with Crippen molar-refractivity contribution in [1.82, 2.24) is 4.98 Å². The zero-order valence-electron chi connectivity index (χ0n) is 13.3. The zero-order chi connectivity index (χ0) is 15.4. The first-order valence-corrected chi connectivity index (χ1v) is 7.71. The van der Waals surface area contributed by atoms with Crippen LogP contribution in [0.2, 0.25) is 0 Å². The number of aromatic nitrogens is 1. The van der Waals surface area contributed by atoms with E-state index in [4.69, 9.17) is 15.2 Å². The molecule has 0 aliphatic carbocycles. The van der Waals surface area contributed by atoms with Gasteiger partial charge >= 0.3 is 0 Å². The van der Waals surface area contributed by atoms with Crippen LogP contribution in [0.25, 0.3) is 0 Å². The largest absolute Gasteiger partial charge is 0.378 e. The minimum atomic E-state index is -0.422. The van der Waals surface area contributed by atoms with Gasteiger partial charge in [-0.05, 0) is 25.0 Å². The molecule has 3 N–H and O–H groups in total. The summed E-state index contributed by atoms with van der Waals surface area (Å²) in [5.74, 6) is 0.393. The SMILES string of the molecule is Cl.Cl.NC[C@H]1CC[C@@H](C(=O)Nc2ccc(N3CCOCC3)cn2)O1. The lowest BCUT2D eigenvalue weighted by molar-refractivity contribution is -0.126. The van der Waals surface area contributed by atoms with Crippen molar-refractivity contribution in [1.29, 1.82) is 0 Å². The number of ether oxygens (including phenoxy) is 2. The second kappa shape index (κ2) is 10.0. The first-order valence-electron chi connectivity index (χ1n) is 7.71. The van der Waals surface area contributed by atoms with Gasteiger partial charge in [0.2, 0.25) is 0 Å². The van der Waals surface area contributed by atoms with Crippen molar-refractivity contribution in [3.63, 3.8) is 0 Å². The Morgan fingerprint density at radius 2 is 2.04 bits per heavy atom. The van der Waals surface area contributed by atoms with E-state index in [0.29, 0.717) is 18.8 Å². The average Bonchev–Trinajstić information content (AvgIpc) is 3.06. The molecule has 0 spiro atoms. The van der Waals surface area contributed by atoms with Crippen LogP contribution in [-0.4, -0.2) is 55.9 Å². The molecule has 7 nitrogen and oxygen atoms in total. The van der Waals surface area contributed by atoms with Crippen LogP contribution in [0.3, 0.4) is 0 Å². The third-order valence-corrected chi connectivity index (χ3v) is 4.04. The standard InChI is InChI=1S/C15H22N4O3.2ClH/c16-9-12-2-3-13(22-12)15(20)18-14-4-1-11(10-17-14)19-5-7-21-8-6-19;;/h1,4,10,12-13H,2-3,5-9,16H2,(H,17,18,20);2*1H/t12-,13+;;/m1../s1. The summed E-state index contributed by atoms with van der Waals surface area (Å²) in [5.41, 5.74) is 6.60. The molecule has 2 aliphatic heterocycles. The third-order valence-electron chi connectivity index (χ3n) is 4.04. The lowest BCUT2D eigenvalue weighted by Gasteiger charge is -2.28. The van der Waals surface area contributed by atoms with Crippen molar-refractivity contribution >= 4 is 42.2 Å². The molecule has 0 saturated carbocycles. The molecule has 2 atom stereocenters. The van der Waals surface area contributed by atoms with Crippen molar-refractivity contribution in [2.75, 3.05) is 43.1 Å². The van der Waals surface area contributed by atoms with Gasteiger partial charge in [-0.3, -0.25) is 4.79 Å². The van der Waals surface area contributed by atoms with Crippen molar-refractivity contribution < 1.29 is 14.3 Å². The molecule has 2 fully saturated rings. The van der Waals surface area contributed by atoms with Crippen molar-refractivity contribution in [2.45, 2.75) is 25.0 Å². The highest BCUT2D eigenvalue weighted by Gasteiger charge is 2.30. The van der Waals surface area contributed by atoms with Crippen molar-refractivity contribution in [3.8, 4) is 0 Å². The molecule has 0 unspecified atom stereocenters. The van der Waals surface area contributed by atoms with Gasteiger partial charge < -0.3 is 25.4 Å². The molecule has 9 heteroatoms. The summed E-state index contributed by atoms with van der Waals surface area (Å²) in [7, 11) is 0. The maximum absolute atomic E-state index is 12.1. The number of amides is 1. The van der Waals surface area contributed by atoms with Gasteiger partial charge in [-0.1, -0.05) is 0 Å². The molecule has 24 heavy (non-hydrogen) atoms. The highest BCUT2D eigenvalue weighted by atomic mass is 35.5. The Labute approximate surface area is 154 Å². The van der Waals surface area contributed by atoms with E-state index in [2.05, 4.69) is 15.2 Å². The Bertz CT molecular complexity index is 512. The molecule has 2 saturated heterocycles. The minimum absolute atomic E-state index is 0. The highest BCUT2D eigenvalue weighted by Crippen LogP contribution is 2.21. The van der Waals surface area contributed by atoms with Crippen LogP contribution in [0.15, 0.2) is 18.3 Å². The number of pyridine rings is 1. The van der Waals surface area contributed by atoms with E-state index in [1.807, 2.05) is 12.1 Å². The van der Waals surface area contributed by atoms with Gasteiger partial charge in [0, 0.05) is 19.6 Å². The second-order valence-corrected chi connectivity index (χ2v) is 5.55.